The van der Waals surface area contributed by atoms with E-state index in [2.05, 4.69) is 40.6 Å². The topological polar surface area (TPSA) is 57.2 Å². The van der Waals surface area contributed by atoms with Crippen LogP contribution >= 0.6 is 35.3 Å². The van der Waals surface area contributed by atoms with E-state index in [0.29, 0.717) is 18.9 Å². The molecule has 0 radical (unpaired) electrons. The summed E-state index contributed by atoms with van der Waals surface area (Å²) in [5.41, 5.74) is 1.31. The lowest BCUT2D eigenvalue weighted by atomic mass is 10.1. The van der Waals surface area contributed by atoms with Gasteiger partial charge in [-0.05, 0) is 36.8 Å². The third kappa shape index (κ3) is 6.32. The number of ether oxygens (including phenoxy) is 1. The van der Waals surface area contributed by atoms with Crippen LogP contribution in [0.15, 0.2) is 16.4 Å². The summed E-state index contributed by atoms with van der Waals surface area (Å²) in [6, 6.07) is 2.14. The van der Waals surface area contributed by atoms with Gasteiger partial charge in [0.2, 0.25) is 5.91 Å². The zero-order valence-electron chi connectivity index (χ0n) is 16.3. The Kier molecular flexibility index (Phi) is 9.31. The summed E-state index contributed by atoms with van der Waals surface area (Å²) < 4.78 is 5.46. The van der Waals surface area contributed by atoms with Crippen LogP contribution in [0.2, 0.25) is 0 Å². The fraction of sp³-hybridized carbons (Fsp3) is 0.684. The zero-order chi connectivity index (χ0) is 18.4. The van der Waals surface area contributed by atoms with E-state index in [1.807, 2.05) is 4.90 Å². The molecule has 0 spiro atoms. The van der Waals surface area contributed by atoms with E-state index in [4.69, 9.17) is 4.74 Å². The molecule has 2 aliphatic heterocycles. The monoisotopic (exact) mass is 506 g/mol. The van der Waals surface area contributed by atoms with Crippen molar-refractivity contribution in [3.05, 3.63) is 21.9 Å². The molecule has 0 aliphatic carbocycles. The van der Waals surface area contributed by atoms with Gasteiger partial charge >= 0.3 is 0 Å². The highest BCUT2D eigenvalue weighted by atomic mass is 127. The van der Waals surface area contributed by atoms with E-state index in [1.165, 1.54) is 10.4 Å². The van der Waals surface area contributed by atoms with Crippen LogP contribution in [0.3, 0.4) is 0 Å². The maximum atomic E-state index is 12.5. The van der Waals surface area contributed by atoms with Gasteiger partial charge in [0.15, 0.2) is 5.96 Å². The molecule has 8 heteroatoms. The Morgan fingerprint density at radius 2 is 2.37 bits per heavy atom. The van der Waals surface area contributed by atoms with Gasteiger partial charge in [0.1, 0.15) is 0 Å². The molecule has 1 aromatic heterocycles. The number of aliphatic imine (C=N–C) groups is 1. The quantitative estimate of drug-likeness (QED) is 0.366. The Labute approximate surface area is 183 Å². The molecule has 0 aromatic carbocycles. The molecule has 2 aliphatic rings. The van der Waals surface area contributed by atoms with Crippen LogP contribution in [-0.2, 0) is 22.5 Å². The van der Waals surface area contributed by atoms with Crippen molar-refractivity contribution in [3.8, 4) is 0 Å². The number of halogens is 1. The van der Waals surface area contributed by atoms with Crippen molar-refractivity contribution in [2.75, 3.05) is 46.4 Å². The highest BCUT2D eigenvalue weighted by molar-refractivity contribution is 14.0. The molecule has 1 unspecified atom stereocenters. The standard InChI is InChI=1S/C19H30N4O2S.HI/c1-3-20-19(22(2)12-15-6-10-25-14-15)21-8-4-18(24)23-9-5-17-16(13-23)7-11-26-17;/h7,11,15H,3-6,8-10,12-14H2,1-2H3,(H,20,21);1H. The average Bonchev–Trinajstić information content (AvgIpc) is 3.31. The van der Waals surface area contributed by atoms with Crippen molar-refractivity contribution >= 4 is 47.2 Å². The van der Waals surface area contributed by atoms with Crippen LogP contribution in [0.25, 0.3) is 0 Å². The Bertz CT molecular complexity index is 631. The van der Waals surface area contributed by atoms with Crippen molar-refractivity contribution in [2.45, 2.75) is 32.7 Å². The molecule has 1 fully saturated rings. The van der Waals surface area contributed by atoms with E-state index in [-0.39, 0.29) is 29.9 Å². The number of hydrogen-bond donors (Lipinski definition) is 1. The summed E-state index contributed by atoms with van der Waals surface area (Å²) in [6.45, 7) is 7.64. The van der Waals surface area contributed by atoms with Crippen LogP contribution in [0.5, 0.6) is 0 Å². The van der Waals surface area contributed by atoms with Crippen LogP contribution in [0.1, 0.15) is 30.2 Å². The predicted octanol–water partition coefficient (Wildman–Crippen LogP) is 2.57. The van der Waals surface area contributed by atoms with Crippen LogP contribution in [-0.4, -0.2) is 68.1 Å². The summed E-state index contributed by atoms with van der Waals surface area (Å²) in [6.07, 6.45) is 2.56. The minimum absolute atomic E-state index is 0. The highest BCUT2D eigenvalue weighted by Gasteiger charge is 2.22. The zero-order valence-corrected chi connectivity index (χ0v) is 19.4. The second kappa shape index (κ2) is 11.2. The SMILES string of the molecule is CCNC(=NCCC(=O)N1CCc2sccc2C1)N(C)CC1CCOC1.I. The van der Waals surface area contributed by atoms with Gasteiger partial charge in [0, 0.05) is 57.0 Å². The van der Waals surface area contributed by atoms with Crippen molar-refractivity contribution in [2.24, 2.45) is 10.9 Å². The lowest BCUT2D eigenvalue weighted by Gasteiger charge is -2.27. The molecule has 0 saturated carbocycles. The Hall–Kier alpha value is -0.870. The Balaban J connectivity index is 0.00000261. The number of rotatable bonds is 6. The van der Waals surface area contributed by atoms with Gasteiger partial charge in [-0.3, -0.25) is 9.79 Å². The first-order valence-corrected chi connectivity index (χ1v) is 10.5. The average molecular weight is 506 g/mol. The maximum Gasteiger partial charge on any atom is 0.224 e. The fourth-order valence-corrected chi connectivity index (χ4v) is 4.44. The van der Waals surface area contributed by atoms with E-state index in [0.717, 1.165) is 58.2 Å². The largest absolute Gasteiger partial charge is 0.381 e. The number of carbonyl (C=O) groups is 1. The summed E-state index contributed by atoms with van der Waals surface area (Å²) in [5.74, 6) is 1.65. The fourth-order valence-electron chi connectivity index (χ4n) is 3.55. The van der Waals surface area contributed by atoms with Gasteiger partial charge in [0.25, 0.3) is 0 Å². The van der Waals surface area contributed by atoms with E-state index >= 15 is 0 Å². The number of nitrogens with zero attached hydrogens (tertiary/aromatic N) is 3. The normalized spacial score (nSPS) is 19.4. The van der Waals surface area contributed by atoms with Gasteiger partial charge in [-0.1, -0.05) is 0 Å². The maximum absolute atomic E-state index is 12.5. The number of fused-ring (bicyclic) bond motifs is 1. The van der Waals surface area contributed by atoms with E-state index in [9.17, 15) is 4.79 Å². The van der Waals surface area contributed by atoms with Crippen LogP contribution in [0.4, 0.5) is 0 Å². The minimum Gasteiger partial charge on any atom is -0.381 e. The van der Waals surface area contributed by atoms with Crippen molar-refractivity contribution in [1.29, 1.82) is 0 Å². The Morgan fingerprint density at radius 3 is 3.11 bits per heavy atom. The smallest absolute Gasteiger partial charge is 0.224 e. The molecule has 1 N–H and O–H groups in total. The number of carbonyl (C=O) groups excluding carboxylic acids is 1. The third-order valence-electron chi connectivity index (χ3n) is 5.00. The lowest BCUT2D eigenvalue weighted by Crippen LogP contribution is -2.41. The first-order valence-electron chi connectivity index (χ1n) is 9.57. The first-order chi connectivity index (χ1) is 12.7. The molecule has 1 aromatic rings. The summed E-state index contributed by atoms with van der Waals surface area (Å²) in [5, 5.41) is 5.45. The number of guanidine groups is 1. The van der Waals surface area contributed by atoms with Crippen molar-refractivity contribution in [1.82, 2.24) is 15.1 Å². The first kappa shape index (κ1) is 22.4. The highest BCUT2D eigenvalue weighted by Crippen LogP contribution is 2.24. The molecular formula is C19H31IN4O2S. The Morgan fingerprint density at radius 1 is 1.52 bits per heavy atom. The molecular weight excluding hydrogens is 475 g/mol. The number of nitrogens with one attached hydrogen (secondary N) is 1. The molecule has 3 heterocycles. The van der Waals surface area contributed by atoms with Crippen LogP contribution in [0, 0.1) is 5.92 Å². The molecule has 0 bridgehead atoms. The molecule has 1 amide bonds. The number of amides is 1. The minimum atomic E-state index is 0. The van der Waals surface area contributed by atoms with Gasteiger partial charge in [-0.25, -0.2) is 0 Å². The van der Waals surface area contributed by atoms with Gasteiger partial charge in [0.05, 0.1) is 13.2 Å². The molecule has 3 rings (SSSR count). The van der Waals surface area contributed by atoms with Gasteiger partial charge < -0.3 is 19.9 Å². The summed E-state index contributed by atoms with van der Waals surface area (Å²) >= 11 is 1.80. The second-order valence-corrected chi connectivity index (χ2v) is 8.03. The molecule has 152 valence electrons. The van der Waals surface area contributed by atoms with Gasteiger partial charge in [-0.2, -0.15) is 0 Å². The van der Waals surface area contributed by atoms with E-state index < -0.39 is 0 Å². The number of hydrogen-bond acceptors (Lipinski definition) is 4. The second-order valence-electron chi connectivity index (χ2n) is 7.03. The molecule has 1 saturated heterocycles. The third-order valence-corrected chi connectivity index (χ3v) is 6.02. The van der Waals surface area contributed by atoms with Crippen molar-refractivity contribution in [3.63, 3.8) is 0 Å². The lowest BCUT2D eigenvalue weighted by molar-refractivity contribution is -0.131. The molecule has 27 heavy (non-hydrogen) atoms. The predicted molar refractivity (Wildman–Crippen MR) is 121 cm³/mol. The van der Waals surface area contributed by atoms with E-state index in [1.54, 1.807) is 11.3 Å². The summed E-state index contributed by atoms with van der Waals surface area (Å²) in [7, 11) is 2.06. The number of thiophene rings is 1. The molecule has 6 nitrogen and oxygen atoms in total. The summed E-state index contributed by atoms with van der Waals surface area (Å²) in [4.78, 5) is 22.8. The van der Waals surface area contributed by atoms with Crippen LogP contribution < -0.4 is 5.32 Å². The molecule has 1 atom stereocenters. The van der Waals surface area contributed by atoms with Crippen molar-refractivity contribution < 1.29 is 9.53 Å². The van der Waals surface area contributed by atoms with Gasteiger partial charge in [-0.15, -0.1) is 35.3 Å².